The van der Waals surface area contributed by atoms with E-state index in [1.54, 1.807) is 17.8 Å². The Labute approximate surface area is 112 Å². The molecule has 5 heteroatoms. The van der Waals surface area contributed by atoms with Crippen LogP contribution in [-0.2, 0) is 6.54 Å². The van der Waals surface area contributed by atoms with Gasteiger partial charge in [0, 0.05) is 18.8 Å². The van der Waals surface area contributed by atoms with Crippen LogP contribution in [0.25, 0.3) is 0 Å². The van der Waals surface area contributed by atoms with Gasteiger partial charge in [-0.1, -0.05) is 12.1 Å². The van der Waals surface area contributed by atoms with Crippen LogP contribution in [-0.4, -0.2) is 31.1 Å². The van der Waals surface area contributed by atoms with E-state index in [0.29, 0.717) is 6.54 Å². The van der Waals surface area contributed by atoms with Crippen molar-refractivity contribution in [2.45, 2.75) is 13.5 Å². The zero-order valence-corrected chi connectivity index (χ0v) is 11.7. The number of aliphatic imine (C=N–C) groups is 1. The van der Waals surface area contributed by atoms with Crippen molar-refractivity contribution in [3.63, 3.8) is 0 Å². The highest BCUT2D eigenvalue weighted by Crippen LogP contribution is 2.04. The number of hydrogen-bond acceptors (Lipinski definition) is 2. The van der Waals surface area contributed by atoms with E-state index in [2.05, 4.69) is 21.9 Å². The second-order valence-corrected chi connectivity index (χ2v) is 4.73. The molecule has 1 aromatic carbocycles. The van der Waals surface area contributed by atoms with E-state index in [0.717, 1.165) is 30.4 Å². The molecule has 0 atom stereocenters. The standard InChI is InChI=1S/C13H20FN3S/c1-3-15-13(16-7-8-18-2)17-10-11-5-4-6-12(14)9-11/h4-6,9H,3,7-8,10H2,1-2H3,(H2,15,16,17). The Morgan fingerprint density at radius 2 is 2.22 bits per heavy atom. The van der Waals surface area contributed by atoms with Crippen molar-refractivity contribution < 1.29 is 4.39 Å². The molecular weight excluding hydrogens is 249 g/mol. The molecule has 0 heterocycles. The van der Waals surface area contributed by atoms with Gasteiger partial charge in [-0.05, 0) is 30.9 Å². The summed E-state index contributed by atoms with van der Waals surface area (Å²) < 4.78 is 13.0. The van der Waals surface area contributed by atoms with Crippen molar-refractivity contribution in [3.05, 3.63) is 35.6 Å². The van der Waals surface area contributed by atoms with Crippen LogP contribution in [0, 0.1) is 5.82 Å². The van der Waals surface area contributed by atoms with Crippen molar-refractivity contribution in [2.75, 3.05) is 25.1 Å². The predicted octanol–water partition coefficient (Wildman–Crippen LogP) is 2.24. The Kier molecular flexibility index (Phi) is 7.25. The first-order chi connectivity index (χ1) is 8.76. The molecule has 18 heavy (non-hydrogen) atoms. The van der Waals surface area contributed by atoms with E-state index < -0.39 is 0 Å². The summed E-state index contributed by atoms with van der Waals surface area (Å²) in [7, 11) is 0. The largest absolute Gasteiger partial charge is 0.357 e. The molecular formula is C13H20FN3S. The maximum atomic E-state index is 13.0. The van der Waals surface area contributed by atoms with Crippen molar-refractivity contribution in [1.82, 2.24) is 10.6 Å². The molecule has 3 nitrogen and oxygen atoms in total. The molecule has 0 spiro atoms. The molecule has 0 saturated heterocycles. The fraction of sp³-hybridized carbons (Fsp3) is 0.462. The third kappa shape index (κ3) is 5.91. The van der Waals surface area contributed by atoms with E-state index in [1.807, 2.05) is 13.0 Å². The third-order valence-electron chi connectivity index (χ3n) is 2.25. The fourth-order valence-corrected chi connectivity index (χ4v) is 1.73. The van der Waals surface area contributed by atoms with Crippen LogP contribution in [0.3, 0.4) is 0 Å². The number of hydrogen-bond donors (Lipinski definition) is 2. The average molecular weight is 269 g/mol. The number of halogens is 1. The van der Waals surface area contributed by atoms with Gasteiger partial charge in [0.05, 0.1) is 6.54 Å². The number of guanidine groups is 1. The van der Waals surface area contributed by atoms with E-state index >= 15 is 0 Å². The number of nitrogens with one attached hydrogen (secondary N) is 2. The molecule has 0 aliphatic heterocycles. The number of nitrogens with zero attached hydrogens (tertiary/aromatic N) is 1. The predicted molar refractivity (Wildman–Crippen MR) is 77.6 cm³/mol. The molecule has 0 unspecified atom stereocenters. The van der Waals surface area contributed by atoms with Crippen molar-refractivity contribution in [2.24, 2.45) is 4.99 Å². The first-order valence-corrected chi connectivity index (χ1v) is 7.41. The highest BCUT2D eigenvalue weighted by atomic mass is 32.2. The van der Waals surface area contributed by atoms with Crippen molar-refractivity contribution in [3.8, 4) is 0 Å². The summed E-state index contributed by atoms with van der Waals surface area (Å²) in [6.07, 6.45) is 2.07. The van der Waals surface area contributed by atoms with Crippen LogP contribution in [0.5, 0.6) is 0 Å². The molecule has 1 rings (SSSR count). The molecule has 0 fully saturated rings. The molecule has 0 aliphatic carbocycles. The molecule has 0 aliphatic rings. The van der Waals surface area contributed by atoms with Crippen LogP contribution in [0.15, 0.2) is 29.3 Å². The van der Waals surface area contributed by atoms with Crippen molar-refractivity contribution >= 4 is 17.7 Å². The van der Waals surface area contributed by atoms with Gasteiger partial charge in [0.1, 0.15) is 5.82 Å². The van der Waals surface area contributed by atoms with Crippen LogP contribution in [0.2, 0.25) is 0 Å². The summed E-state index contributed by atoms with van der Waals surface area (Å²) in [5.41, 5.74) is 0.872. The van der Waals surface area contributed by atoms with Crippen molar-refractivity contribution in [1.29, 1.82) is 0 Å². The van der Waals surface area contributed by atoms with Gasteiger partial charge in [-0.3, -0.25) is 0 Å². The molecule has 0 aromatic heterocycles. The third-order valence-corrected chi connectivity index (χ3v) is 2.86. The van der Waals surface area contributed by atoms with Gasteiger partial charge in [0.2, 0.25) is 0 Å². The van der Waals surface area contributed by atoms with Crippen LogP contribution in [0.1, 0.15) is 12.5 Å². The molecule has 0 radical (unpaired) electrons. The monoisotopic (exact) mass is 269 g/mol. The van der Waals surface area contributed by atoms with Crippen LogP contribution in [0.4, 0.5) is 4.39 Å². The lowest BCUT2D eigenvalue weighted by molar-refractivity contribution is 0.625. The van der Waals surface area contributed by atoms with E-state index in [4.69, 9.17) is 0 Å². The lowest BCUT2D eigenvalue weighted by atomic mass is 10.2. The summed E-state index contributed by atoms with van der Waals surface area (Å²) in [4.78, 5) is 4.42. The molecule has 0 bridgehead atoms. The van der Waals surface area contributed by atoms with E-state index in [-0.39, 0.29) is 5.82 Å². The number of benzene rings is 1. The normalized spacial score (nSPS) is 11.4. The van der Waals surface area contributed by atoms with Gasteiger partial charge in [0.15, 0.2) is 5.96 Å². The molecule has 0 saturated carbocycles. The van der Waals surface area contributed by atoms with Crippen LogP contribution < -0.4 is 10.6 Å². The second kappa shape index (κ2) is 8.80. The number of thioether (sulfide) groups is 1. The van der Waals surface area contributed by atoms with Gasteiger partial charge < -0.3 is 10.6 Å². The first kappa shape index (κ1) is 14.8. The van der Waals surface area contributed by atoms with E-state index in [9.17, 15) is 4.39 Å². The molecule has 100 valence electrons. The zero-order valence-electron chi connectivity index (χ0n) is 10.9. The Morgan fingerprint density at radius 1 is 1.39 bits per heavy atom. The zero-order chi connectivity index (χ0) is 13.2. The Bertz CT molecular complexity index is 382. The smallest absolute Gasteiger partial charge is 0.191 e. The maximum absolute atomic E-state index is 13.0. The minimum Gasteiger partial charge on any atom is -0.357 e. The highest BCUT2D eigenvalue weighted by molar-refractivity contribution is 7.98. The Hall–Kier alpha value is -1.23. The quantitative estimate of drug-likeness (QED) is 0.472. The first-order valence-electron chi connectivity index (χ1n) is 6.01. The van der Waals surface area contributed by atoms with E-state index in [1.165, 1.54) is 12.1 Å². The summed E-state index contributed by atoms with van der Waals surface area (Å²) in [6, 6.07) is 6.52. The second-order valence-electron chi connectivity index (χ2n) is 3.74. The SMILES string of the molecule is CCNC(=NCc1cccc(F)c1)NCCSC. The fourth-order valence-electron chi connectivity index (χ4n) is 1.42. The molecule has 1 aromatic rings. The Morgan fingerprint density at radius 3 is 2.89 bits per heavy atom. The number of rotatable bonds is 6. The summed E-state index contributed by atoms with van der Waals surface area (Å²) in [5.74, 6) is 1.59. The van der Waals surface area contributed by atoms with Gasteiger partial charge in [-0.15, -0.1) is 0 Å². The topological polar surface area (TPSA) is 36.4 Å². The minimum atomic E-state index is -0.219. The minimum absolute atomic E-state index is 0.219. The van der Waals surface area contributed by atoms with Gasteiger partial charge >= 0.3 is 0 Å². The maximum Gasteiger partial charge on any atom is 0.191 e. The Balaban J connectivity index is 2.53. The molecule has 0 amide bonds. The molecule has 2 N–H and O–H groups in total. The van der Waals surface area contributed by atoms with Crippen LogP contribution >= 0.6 is 11.8 Å². The summed E-state index contributed by atoms with van der Waals surface area (Å²) in [6.45, 7) is 4.19. The average Bonchev–Trinajstić information content (AvgIpc) is 2.36. The summed E-state index contributed by atoms with van der Waals surface area (Å²) >= 11 is 1.78. The van der Waals surface area contributed by atoms with Gasteiger partial charge in [-0.2, -0.15) is 11.8 Å². The van der Waals surface area contributed by atoms with Gasteiger partial charge in [-0.25, -0.2) is 9.38 Å². The lowest BCUT2D eigenvalue weighted by Crippen LogP contribution is -2.38. The van der Waals surface area contributed by atoms with Gasteiger partial charge in [0.25, 0.3) is 0 Å². The summed E-state index contributed by atoms with van der Waals surface area (Å²) in [5, 5.41) is 6.39. The highest BCUT2D eigenvalue weighted by Gasteiger charge is 1.97. The lowest BCUT2D eigenvalue weighted by Gasteiger charge is -2.10.